The summed E-state index contributed by atoms with van der Waals surface area (Å²) in [6.45, 7) is 10.9. The van der Waals surface area contributed by atoms with Crippen LogP contribution in [-0.4, -0.2) is 42.4 Å². The third-order valence-electron chi connectivity index (χ3n) is 3.36. The first-order chi connectivity index (χ1) is 9.12. The monoisotopic (exact) mass is 286 g/mol. The molecule has 1 rings (SSSR count). The average Bonchev–Trinajstić information content (AvgIpc) is 3.06. The van der Waals surface area contributed by atoms with Gasteiger partial charge in [-0.1, -0.05) is 0 Å². The van der Waals surface area contributed by atoms with Gasteiger partial charge in [0.2, 0.25) is 5.91 Å². The fraction of sp³-hybridized carbons (Fsp3) is 0.933. The van der Waals surface area contributed by atoms with E-state index in [-0.39, 0.29) is 17.6 Å². The Hall–Kier alpha value is -0.650. The summed E-state index contributed by atoms with van der Waals surface area (Å²) in [7, 11) is 0. The average molecular weight is 286 g/mol. The van der Waals surface area contributed by atoms with E-state index in [4.69, 9.17) is 15.2 Å². The fourth-order valence-corrected chi connectivity index (χ4v) is 2.14. The molecule has 0 spiro atoms. The summed E-state index contributed by atoms with van der Waals surface area (Å²) < 4.78 is 11.3. The first-order valence-electron chi connectivity index (χ1n) is 7.45. The number of rotatable bonds is 9. The summed E-state index contributed by atoms with van der Waals surface area (Å²) >= 11 is 0. The Morgan fingerprint density at radius 1 is 1.30 bits per heavy atom. The molecular formula is C15H30N2O3. The minimum absolute atomic E-state index is 0.0395. The zero-order valence-corrected chi connectivity index (χ0v) is 13.5. The van der Waals surface area contributed by atoms with E-state index in [1.807, 2.05) is 34.6 Å². The van der Waals surface area contributed by atoms with Crippen LogP contribution < -0.4 is 11.1 Å². The minimum atomic E-state index is -0.689. The molecule has 0 saturated heterocycles. The number of primary amides is 1. The van der Waals surface area contributed by atoms with Gasteiger partial charge in [0.1, 0.15) is 0 Å². The molecule has 118 valence electrons. The predicted octanol–water partition coefficient (Wildman–Crippen LogP) is 1.59. The Bertz CT molecular complexity index is 324. The number of hydrogen-bond donors (Lipinski definition) is 2. The fourth-order valence-electron chi connectivity index (χ4n) is 2.14. The first-order valence-corrected chi connectivity index (χ1v) is 7.45. The van der Waals surface area contributed by atoms with Crippen LogP contribution in [0.1, 0.15) is 53.9 Å². The topological polar surface area (TPSA) is 73.6 Å². The van der Waals surface area contributed by atoms with Crippen molar-refractivity contribution >= 4 is 5.91 Å². The molecule has 0 radical (unpaired) electrons. The highest BCUT2D eigenvalue weighted by Gasteiger charge is 2.38. The van der Waals surface area contributed by atoms with Gasteiger partial charge < -0.3 is 20.5 Å². The molecule has 0 aromatic carbocycles. The number of carbonyl (C=O) groups is 1. The molecule has 5 heteroatoms. The van der Waals surface area contributed by atoms with Crippen LogP contribution in [0.25, 0.3) is 0 Å². The van der Waals surface area contributed by atoms with E-state index in [1.165, 1.54) is 0 Å². The summed E-state index contributed by atoms with van der Waals surface area (Å²) in [5.74, 6) is -0.314. The molecular weight excluding hydrogens is 256 g/mol. The molecule has 1 aliphatic rings. The summed E-state index contributed by atoms with van der Waals surface area (Å²) in [5, 5.41) is 3.33. The largest absolute Gasteiger partial charge is 0.376 e. The zero-order valence-electron chi connectivity index (χ0n) is 13.5. The van der Waals surface area contributed by atoms with Crippen molar-refractivity contribution in [3.05, 3.63) is 0 Å². The van der Waals surface area contributed by atoms with Crippen molar-refractivity contribution in [3.63, 3.8) is 0 Å². The van der Waals surface area contributed by atoms with Crippen LogP contribution in [0, 0.1) is 0 Å². The maximum atomic E-state index is 11.7. The minimum Gasteiger partial charge on any atom is -0.376 e. The Morgan fingerprint density at radius 2 is 1.90 bits per heavy atom. The number of carbonyl (C=O) groups excluding carboxylic acids is 1. The van der Waals surface area contributed by atoms with E-state index in [2.05, 4.69) is 5.32 Å². The van der Waals surface area contributed by atoms with Crippen LogP contribution in [0.3, 0.4) is 0 Å². The highest BCUT2D eigenvalue weighted by atomic mass is 16.5. The lowest BCUT2D eigenvalue weighted by molar-refractivity contribution is -0.125. The molecule has 2 unspecified atom stereocenters. The maximum Gasteiger partial charge on any atom is 0.237 e. The smallest absolute Gasteiger partial charge is 0.237 e. The van der Waals surface area contributed by atoms with Gasteiger partial charge in [0, 0.05) is 12.5 Å². The highest BCUT2D eigenvalue weighted by molar-refractivity contribution is 5.84. The van der Waals surface area contributed by atoms with Crippen molar-refractivity contribution in [2.24, 2.45) is 5.73 Å². The number of hydrogen-bond acceptors (Lipinski definition) is 4. The van der Waals surface area contributed by atoms with E-state index in [1.54, 1.807) is 0 Å². The molecule has 5 nitrogen and oxygen atoms in total. The Kier molecular flexibility index (Phi) is 5.98. The second-order valence-electron chi connectivity index (χ2n) is 6.96. The van der Waals surface area contributed by atoms with Crippen LogP contribution in [0.15, 0.2) is 0 Å². The molecule has 0 aliphatic heterocycles. The van der Waals surface area contributed by atoms with Crippen molar-refractivity contribution in [2.45, 2.75) is 77.2 Å². The number of nitrogens with two attached hydrogens (primary N) is 1. The van der Waals surface area contributed by atoms with Crippen LogP contribution in [0.4, 0.5) is 0 Å². The highest BCUT2D eigenvalue weighted by Crippen LogP contribution is 2.25. The van der Waals surface area contributed by atoms with E-state index in [9.17, 15) is 4.79 Å². The molecule has 0 aromatic rings. The third kappa shape index (κ3) is 6.68. The van der Waals surface area contributed by atoms with Crippen LogP contribution in [0.5, 0.6) is 0 Å². The van der Waals surface area contributed by atoms with Gasteiger partial charge in [0.25, 0.3) is 0 Å². The Morgan fingerprint density at radius 3 is 2.35 bits per heavy atom. The molecule has 1 saturated carbocycles. The first kappa shape index (κ1) is 17.4. The van der Waals surface area contributed by atoms with Gasteiger partial charge in [-0.25, -0.2) is 0 Å². The molecule has 2 atom stereocenters. The second-order valence-corrected chi connectivity index (χ2v) is 6.96. The normalized spacial score (nSPS) is 20.4. The summed E-state index contributed by atoms with van der Waals surface area (Å²) in [6, 6.07) is 0.434. The Balaban J connectivity index is 2.30. The molecule has 1 aliphatic carbocycles. The van der Waals surface area contributed by atoms with Crippen LogP contribution >= 0.6 is 0 Å². The van der Waals surface area contributed by atoms with Crippen molar-refractivity contribution in [1.82, 2.24) is 5.32 Å². The van der Waals surface area contributed by atoms with Crippen LogP contribution in [0.2, 0.25) is 0 Å². The standard InChI is InChI=1S/C15H30N2O3/c1-11(19-8-9-20-14(2,3)4)10-15(5,13(16)18)17-12-6-7-12/h11-12,17H,6-10H2,1-5H3,(H2,16,18). The van der Waals surface area contributed by atoms with Gasteiger partial charge in [-0.2, -0.15) is 0 Å². The van der Waals surface area contributed by atoms with Crippen molar-refractivity contribution in [1.29, 1.82) is 0 Å². The Labute approximate surface area is 122 Å². The quantitative estimate of drug-likeness (QED) is 0.631. The summed E-state index contributed by atoms with van der Waals surface area (Å²) in [6.07, 6.45) is 2.78. The number of nitrogens with one attached hydrogen (secondary N) is 1. The molecule has 0 bridgehead atoms. The molecule has 1 fully saturated rings. The van der Waals surface area contributed by atoms with E-state index < -0.39 is 5.54 Å². The van der Waals surface area contributed by atoms with Crippen LogP contribution in [-0.2, 0) is 14.3 Å². The lowest BCUT2D eigenvalue weighted by Gasteiger charge is -2.30. The second kappa shape index (κ2) is 6.87. The molecule has 3 N–H and O–H groups in total. The molecule has 0 aromatic heterocycles. The van der Waals surface area contributed by atoms with Crippen molar-refractivity contribution in [3.8, 4) is 0 Å². The number of amides is 1. The van der Waals surface area contributed by atoms with E-state index in [0.29, 0.717) is 25.7 Å². The predicted molar refractivity (Wildman–Crippen MR) is 79.5 cm³/mol. The van der Waals surface area contributed by atoms with Gasteiger partial charge in [0.15, 0.2) is 0 Å². The van der Waals surface area contributed by atoms with Gasteiger partial charge >= 0.3 is 0 Å². The number of ether oxygens (including phenoxy) is 2. The van der Waals surface area contributed by atoms with E-state index >= 15 is 0 Å². The molecule has 0 heterocycles. The lowest BCUT2D eigenvalue weighted by atomic mass is 9.93. The van der Waals surface area contributed by atoms with Crippen molar-refractivity contribution < 1.29 is 14.3 Å². The van der Waals surface area contributed by atoms with Gasteiger partial charge in [-0.15, -0.1) is 0 Å². The lowest BCUT2D eigenvalue weighted by Crippen LogP contribution is -2.55. The van der Waals surface area contributed by atoms with Crippen molar-refractivity contribution in [2.75, 3.05) is 13.2 Å². The molecule has 20 heavy (non-hydrogen) atoms. The zero-order chi connectivity index (χ0) is 15.4. The molecule has 1 amide bonds. The maximum absolute atomic E-state index is 11.7. The van der Waals surface area contributed by atoms with Gasteiger partial charge in [-0.3, -0.25) is 4.79 Å². The summed E-state index contributed by atoms with van der Waals surface area (Å²) in [4.78, 5) is 11.7. The SMILES string of the molecule is CC(CC(C)(NC1CC1)C(N)=O)OCCOC(C)(C)C. The van der Waals surface area contributed by atoms with Gasteiger partial charge in [0.05, 0.1) is 30.5 Å². The third-order valence-corrected chi connectivity index (χ3v) is 3.36. The van der Waals surface area contributed by atoms with E-state index in [0.717, 1.165) is 12.8 Å². The summed E-state index contributed by atoms with van der Waals surface area (Å²) in [5.41, 5.74) is 4.69. The van der Waals surface area contributed by atoms with Gasteiger partial charge in [-0.05, 0) is 47.5 Å².